The molecule has 1 aromatic carbocycles. The highest BCUT2D eigenvalue weighted by Crippen LogP contribution is 2.20. The van der Waals surface area contributed by atoms with Gasteiger partial charge in [0.15, 0.2) is 5.96 Å². The number of guanidine groups is 1. The largest absolute Gasteiger partial charge is 0.497 e. The van der Waals surface area contributed by atoms with Crippen molar-refractivity contribution in [2.75, 3.05) is 39.9 Å². The number of carbonyl (C=O) groups excluding carboxylic acids is 1. The number of benzene rings is 1. The zero-order valence-corrected chi connectivity index (χ0v) is 17.9. The number of hydrogen-bond acceptors (Lipinski definition) is 5. The first kappa shape index (κ1) is 22.6. The number of rotatable bonds is 8. The van der Waals surface area contributed by atoms with Crippen molar-refractivity contribution in [3.8, 4) is 11.5 Å². The lowest BCUT2D eigenvalue weighted by atomic mass is 10.1. The fourth-order valence-corrected chi connectivity index (χ4v) is 3.10. The molecule has 0 saturated carbocycles. The minimum atomic E-state index is -0.227. The lowest BCUT2D eigenvalue weighted by Gasteiger charge is -2.32. The van der Waals surface area contributed by atoms with E-state index in [4.69, 9.17) is 14.2 Å². The Balaban J connectivity index is 1.83. The number of piperidine rings is 1. The van der Waals surface area contributed by atoms with Crippen molar-refractivity contribution in [2.24, 2.45) is 4.99 Å². The SMILES string of the molecule is CCNC(=NCC(C)Oc1cccc(OC)c1)NC1CCN(C(=O)OCC)CC1. The summed E-state index contributed by atoms with van der Waals surface area (Å²) in [4.78, 5) is 18.2. The smallest absolute Gasteiger partial charge is 0.409 e. The molecule has 1 aliphatic heterocycles. The molecule has 0 aliphatic carbocycles. The average molecular weight is 407 g/mol. The summed E-state index contributed by atoms with van der Waals surface area (Å²) in [5.41, 5.74) is 0. The first-order chi connectivity index (χ1) is 14.0. The van der Waals surface area contributed by atoms with Crippen LogP contribution in [-0.4, -0.2) is 69.0 Å². The number of nitrogens with one attached hydrogen (secondary N) is 2. The molecule has 1 unspecified atom stereocenters. The van der Waals surface area contributed by atoms with Crippen molar-refractivity contribution in [1.29, 1.82) is 0 Å². The monoisotopic (exact) mass is 406 g/mol. The van der Waals surface area contributed by atoms with E-state index in [0.717, 1.165) is 36.8 Å². The zero-order chi connectivity index (χ0) is 21.1. The predicted molar refractivity (Wildman–Crippen MR) is 114 cm³/mol. The van der Waals surface area contributed by atoms with Crippen LogP contribution in [0.25, 0.3) is 0 Å². The van der Waals surface area contributed by atoms with E-state index in [9.17, 15) is 4.79 Å². The lowest BCUT2D eigenvalue weighted by Crippen LogP contribution is -2.50. The van der Waals surface area contributed by atoms with Crippen LogP contribution in [0.5, 0.6) is 11.5 Å². The molecule has 162 valence electrons. The molecule has 1 fully saturated rings. The summed E-state index contributed by atoms with van der Waals surface area (Å²) in [7, 11) is 1.64. The third-order valence-electron chi connectivity index (χ3n) is 4.59. The van der Waals surface area contributed by atoms with Gasteiger partial charge in [-0.3, -0.25) is 0 Å². The zero-order valence-electron chi connectivity index (χ0n) is 17.9. The fourth-order valence-electron chi connectivity index (χ4n) is 3.10. The summed E-state index contributed by atoms with van der Waals surface area (Å²) in [5, 5.41) is 6.75. The molecule has 8 heteroatoms. The Kier molecular flexibility index (Phi) is 9.40. The minimum Gasteiger partial charge on any atom is -0.497 e. The molecule has 1 saturated heterocycles. The quantitative estimate of drug-likeness (QED) is 0.510. The molecule has 1 amide bonds. The van der Waals surface area contributed by atoms with Gasteiger partial charge < -0.3 is 29.7 Å². The molecule has 0 spiro atoms. The van der Waals surface area contributed by atoms with Gasteiger partial charge in [-0.05, 0) is 45.7 Å². The maximum Gasteiger partial charge on any atom is 0.409 e. The van der Waals surface area contributed by atoms with Gasteiger partial charge in [0, 0.05) is 31.7 Å². The molecule has 0 radical (unpaired) electrons. The number of ether oxygens (including phenoxy) is 3. The van der Waals surface area contributed by atoms with Crippen LogP contribution in [0, 0.1) is 0 Å². The van der Waals surface area contributed by atoms with E-state index < -0.39 is 0 Å². The highest BCUT2D eigenvalue weighted by atomic mass is 16.6. The van der Waals surface area contributed by atoms with Crippen molar-refractivity contribution >= 4 is 12.1 Å². The van der Waals surface area contributed by atoms with Crippen LogP contribution >= 0.6 is 0 Å². The number of amides is 1. The predicted octanol–water partition coefficient (Wildman–Crippen LogP) is 2.64. The van der Waals surface area contributed by atoms with E-state index in [2.05, 4.69) is 15.6 Å². The van der Waals surface area contributed by atoms with Gasteiger partial charge in [-0.2, -0.15) is 0 Å². The van der Waals surface area contributed by atoms with Gasteiger partial charge in [0.25, 0.3) is 0 Å². The Morgan fingerprint density at radius 1 is 1.28 bits per heavy atom. The maximum absolute atomic E-state index is 11.8. The van der Waals surface area contributed by atoms with Crippen LogP contribution in [0.1, 0.15) is 33.6 Å². The molecule has 1 aromatic rings. The topological polar surface area (TPSA) is 84.4 Å². The van der Waals surface area contributed by atoms with Crippen LogP contribution in [0.3, 0.4) is 0 Å². The van der Waals surface area contributed by atoms with E-state index in [1.807, 2.05) is 45.0 Å². The Labute approximate surface area is 173 Å². The van der Waals surface area contributed by atoms with Crippen LogP contribution in [0.2, 0.25) is 0 Å². The number of nitrogens with zero attached hydrogens (tertiary/aromatic N) is 2. The molecule has 1 heterocycles. The molecule has 0 aromatic heterocycles. The van der Waals surface area contributed by atoms with Gasteiger partial charge in [-0.15, -0.1) is 0 Å². The van der Waals surface area contributed by atoms with E-state index in [-0.39, 0.29) is 18.2 Å². The van der Waals surface area contributed by atoms with Crippen LogP contribution in [-0.2, 0) is 4.74 Å². The summed E-state index contributed by atoms with van der Waals surface area (Å²) < 4.78 is 16.2. The first-order valence-electron chi connectivity index (χ1n) is 10.3. The van der Waals surface area contributed by atoms with Gasteiger partial charge in [0.1, 0.15) is 17.6 Å². The van der Waals surface area contributed by atoms with Crippen molar-refractivity contribution < 1.29 is 19.0 Å². The molecule has 1 atom stereocenters. The fraction of sp³-hybridized carbons (Fsp3) is 0.619. The van der Waals surface area contributed by atoms with Crippen molar-refractivity contribution in [1.82, 2.24) is 15.5 Å². The summed E-state index contributed by atoms with van der Waals surface area (Å²) in [6.07, 6.45) is 1.41. The van der Waals surface area contributed by atoms with Gasteiger partial charge in [-0.1, -0.05) is 6.07 Å². The third-order valence-corrected chi connectivity index (χ3v) is 4.59. The standard InChI is InChI=1S/C21H34N4O4/c1-5-22-20(24-17-10-12-25(13-11-17)21(26)28-6-2)23-15-16(3)29-19-9-7-8-18(14-19)27-4/h7-9,14,16-17H,5-6,10-13,15H2,1-4H3,(H2,22,23,24). The Morgan fingerprint density at radius 2 is 2.00 bits per heavy atom. The van der Waals surface area contributed by atoms with E-state index in [0.29, 0.717) is 26.2 Å². The Bertz CT molecular complexity index is 660. The minimum absolute atomic E-state index is 0.0803. The molecule has 0 bridgehead atoms. The Hall–Kier alpha value is -2.64. The van der Waals surface area contributed by atoms with E-state index in [1.165, 1.54) is 0 Å². The second-order valence-electron chi connectivity index (χ2n) is 6.93. The molecular formula is C21H34N4O4. The molecule has 29 heavy (non-hydrogen) atoms. The maximum atomic E-state index is 11.8. The van der Waals surface area contributed by atoms with Crippen molar-refractivity contribution in [3.63, 3.8) is 0 Å². The molecule has 1 aliphatic rings. The van der Waals surface area contributed by atoms with Crippen LogP contribution in [0.4, 0.5) is 4.79 Å². The van der Waals surface area contributed by atoms with Gasteiger partial charge >= 0.3 is 6.09 Å². The first-order valence-corrected chi connectivity index (χ1v) is 10.3. The lowest BCUT2D eigenvalue weighted by molar-refractivity contribution is 0.0963. The average Bonchev–Trinajstić information content (AvgIpc) is 2.73. The highest BCUT2D eigenvalue weighted by Gasteiger charge is 2.24. The molecular weight excluding hydrogens is 372 g/mol. The highest BCUT2D eigenvalue weighted by molar-refractivity contribution is 5.80. The number of aliphatic imine (C=N–C) groups is 1. The van der Waals surface area contributed by atoms with E-state index >= 15 is 0 Å². The molecule has 2 N–H and O–H groups in total. The Morgan fingerprint density at radius 3 is 2.66 bits per heavy atom. The van der Waals surface area contributed by atoms with Gasteiger partial charge in [0.2, 0.25) is 0 Å². The number of likely N-dealkylation sites (tertiary alicyclic amines) is 1. The summed E-state index contributed by atoms with van der Waals surface area (Å²) in [6.45, 7) is 8.93. The normalized spacial score (nSPS) is 16.1. The van der Waals surface area contributed by atoms with E-state index in [1.54, 1.807) is 12.0 Å². The summed E-state index contributed by atoms with van der Waals surface area (Å²) in [6, 6.07) is 7.83. The number of hydrogen-bond donors (Lipinski definition) is 2. The van der Waals surface area contributed by atoms with Crippen LogP contribution < -0.4 is 20.1 Å². The number of methoxy groups -OCH3 is 1. The van der Waals surface area contributed by atoms with Crippen molar-refractivity contribution in [3.05, 3.63) is 24.3 Å². The summed E-state index contributed by atoms with van der Waals surface area (Å²) >= 11 is 0. The second-order valence-corrected chi connectivity index (χ2v) is 6.93. The van der Waals surface area contributed by atoms with Crippen molar-refractivity contribution in [2.45, 2.75) is 45.8 Å². The summed E-state index contributed by atoms with van der Waals surface area (Å²) in [5.74, 6) is 2.29. The number of carbonyl (C=O) groups is 1. The van der Waals surface area contributed by atoms with Gasteiger partial charge in [0.05, 0.1) is 20.3 Å². The molecule has 2 rings (SSSR count). The third kappa shape index (κ3) is 7.71. The second kappa shape index (κ2) is 12.0. The van der Waals surface area contributed by atoms with Crippen LogP contribution in [0.15, 0.2) is 29.3 Å². The van der Waals surface area contributed by atoms with Gasteiger partial charge in [-0.25, -0.2) is 9.79 Å². The molecule has 8 nitrogen and oxygen atoms in total.